The number of ketones is 1. The van der Waals surface area contributed by atoms with E-state index in [0.717, 1.165) is 4.47 Å². The molecular weight excluding hydrogens is 298 g/mol. The van der Waals surface area contributed by atoms with E-state index in [2.05, 4.69) is 20.3 Å². The van der Waals surface area contributed by atoms with Crippen LogP contribution >= 0.6 is 39.1 Å². The normalized spacial score (nSPS) is 10.3. The molecule has 0 atom stereocenters. The topological polar surface area (TPSA) is 30.0 Å². The third-order valence-electron chi connectivity index (χ3n) is 1.83. The Hall–Kier alpha value is -0.710. The molecule has 0 fully saturated rings. The molecule has 0 aliphatic rings. The Morgan fingerprint density at radius 3 is 2.87 bits per heavy atom. The lowest BCUT2D eigenvalue weighted by atomic mass is 10.1. The van der Waals surface area contributed by atoms with Crippen LogP contribution in [0.1, 0.15) is 15.2 Å². The zero-order chi connectivity index (χ0) is 10.8. The Labute approximate surface area is 104 Å². The molecule has 0 saturated heterocycles. The molecule has 15 heavy (non-hydrogen) atoms. The predicted octanol–water partition coefficient (Wildman–Crippen LogP) is 3.79. The molecule has 0 unspecified atom stereocenters. The monoisotopic (exact) mass is 301 g/mol. The zero-order valence-corrected chi connectivity index (χ0v) is 10.6. The van der Waals surface area contributed by atoms with Crippen molar-refractivity contribution in [1.29, 1.82) is 0 Å². The van der Waals surface area contributed by atoms with E-state index in [-0.39, 0.29) is 5.78 Å². The molecule has 2 rings (SSSR count). The molecule has 2 aromatic rings. The van der Waals surface area contributed by atoms with Crippen molar-refractivity contribution >= 4 is 44.8 Å². The number of rotatable bonds is 2. The van der Waals surface area contributed by atoms with Gasteiger partial charge in [-0.1, -0.05) is 27.5 Å². The standard InChI is InChI=1S/C10H5BrClNOS/c11-8-2-1-6(12)5-7(8)10(14)9-3-4-13-15-9/h1-5H. The number of hydrogen-bond acceptors (Lipinski definition) is 3. The van der Waals surface area contributed by atoms with Crippen LogP contribution in [0.5, 0.6) is 0 Å². The Bertz CT molecular complexity index is 498. The molecule has 0 amide bonds. The fourth-order valence-electron chi connectivity index (χ4n) is 1.14. The first-order valence-electron chi connectivity index (χ1n) is 4.09. The van der Waals surface area contributed by atoms with Crippen molar-refractivity contribution in [3.63, 3.8) is 0 Å². The van der Waals surface area contributed by atoms with Crippen LogP contribution < -0.4 is 0 Å². The highest BCUT2D eigenvalue weighted by Crippen LogP contribution is 2.24. The molecule has 0 N–H and O–H groups in total. The van der Waals surface area contributed by atoms with Gasteiger partial charge >= 0.3 is 0 Å². The van der Waals surface area contributed by atoms with E-state index in [1.807, 2.05) is 0 Å². The van der Waals surface area contributed by atoms with E-state index >= 15 is 0 Å². The minimum atomic E-state index is -0.0631. The highest BCUT2D eigenvalue weighted by Gasteiger charge is 2.14. The van der Waals surface area contributed by atoms with Gasteiger partial charge in [-0.25, -0.2) is 4.37 Å². The molecular formula is C10H5BrClNOS. The quantitative estimate of drug-likeness (QED) is 0.790. The number of aromatic nitrogens is 1. The summed E-state index contributed by atoms with van der Waals surface area (Å²) in [6, 6.07) is 6.83. The van der Waals surface area contributed by atoms with Crippen LogP contribution in [0.25, 0.3) is 0 Å². The molecule has 5 heteroatoms. The van der Waals surface area contributed by atoms with Crippen molar-refractivity contribution in [3.05, 3.63) is 50.4 Å². The Morgan fingerprint density at radius 2 is 2.20 bits per heavy atom. The van der Waals surface area contributed by atoms with Crippen molar-refractivity contribution in [2.75, 3.05) is 0 Å². The summed E-state index contributed by atoms with van der Waals surface area (Å²) in [5.74, 6) is -0.0631. The predicted molar refractivity (Wildman–Crippen MR) is 64.7 cm³/mol. The number of carbonyl (C=O) groups is 1. The Kier molecular flexibility index (Phi) is 3.19. The molecule has 76 valence electrons. The molecule has 1 aromatic carbocycles. The van der Waals surface area contributed by atoms with E-state index < -0.39 is 0 Å². The van der Waals surface area contributed by atoms with Crippen molar-refractivity contribution in [3.8, 4) is 0 Å². The van der Waals surface area contributed by atoms with Crippen molar-refractivity contribution in [1.82, 2.24) is 4.37 Å². The maximum Gasteiger partial charge on any atom is 0.205 e. The van der Waals surface area contributed by atoms with Crippen LogP contribution in [0.4, 0.5) is 0 Å². The summed E-state index contributed by atoms with van der Waals surface area (Å²) >= 11 is 10.3. The van der Waals surface area contributed by atoms with Gasteiger partial charge < -0.3 is 0 Å². The van der Waals surface area contributed by atoms with Crippen molar-refractivity contribution < 1.29 is 4.79 Å². The number of benzene rings is 1. The molecule has 2 nitrogen and oxygen atoms in total. The molecule has 0 saturated carbocycles. The van der Waals surface area contributed by atoms with Crippen LogP contribution in [-0.2, 0) is 0 Å². The van der Waals surface area contributed by atoms with Gasteiger partial charge in [-0.3, -0.25) is 4.79 Å². The van der Waals surface area contributed by atoms with Gasteiger partial charge in [0.25, 0.3) is 0 Å². The van der Waals surface area contributed by atoms with Crippen LogP contribution in [0.3, 0.4) is 0 Å². The van der Waals surface area contributed by atoms with E-state index in [1.165, 1.54) is 11.5 Å². The van der Waals surface area contributed by atoms with Gasteiger partial charge in [-0.05, 0) is 35.8 Å². The summed E-state index contributed by atoms with van der Waals surface area (Å²) in [5.41, 5.74) is 0.562. The second kappa shape index (κ2) is 4.43. The number of hydrogen-bond donors (Lipinski definition) is 0. The van der Waals surface area contributed by atoms with E-state index in [4.69, 9.17) is 11.6 Å². The highest BCUT2D eigenvalue weighted by atomic mass is 79.9. The Morgan fingerprint density at radius 1 is 1.40 bits per heavy atom. The van der Waals surface area contributed by atoms with Gasteiger partial charge in [0.2, 0.25) is 5.78 Å². The van der Waals surface area contributed by atoms with Gasteiger partial charge in [0.15, 0.2) is 0 Å². The molecule has 1 aromatic heterocycles. The fourth-order valence-corrected chi connectivity index (χ4v) is 2.29. The van der Waals surface area contributed by atoms with E-state index in [1.54, 1.807) is 30.5 Å². The lowest BCUT2D eigenvalue weighted by molar-refractivity contribution is 0.104. The van der Waals surface area contributed by atoms with Crippen LogP contribution in [0, 0.1) is 0 Å². The molecule has 0 radical (unpaired) electrons. The largest absolute Gasteiger partial charge is 0.288 e. The maximum absolute atomic E-state index is 12.0. The second-order valence-electron chi connectivity index (χ2n) is 2.83. The first kappa shape index (κ1) is 10.8. The summed E-state index contributed by atoms with van der Waals surface area (Å²) in [4.78, 5) is 12.6. The number of carbonyl (C=O) groups excluding carboxylic acids is 1. The number of nitrogens with zero attached hydrogens (tertiary/aromatic N) is 1. The van der Waals surface area contributed by atoms with Crippen LogP contribution in [-0.4, -0.2) is 10.2 Å². The van der Waals surface area contributed by atoms with Crippen LogP contribution in [0.2, 0.25) is 5.02 Å². The molecule has 0 aliphatic heterocycles. The smallest absolute Gasteiger partial charge is 0.205 e. The maximum atomic E-state index is 12.0. The lowest BCUT2D eigenvalue weighted by Crippen LogP contribution is -1.99. The minimum Gasteiger partial charge on any atom is -0.288 e. The third kappa shape index (κ3) is 2.27. The second-order valence-corrected chi connectivity index (χ2v) is 4.95. The van der Waals surface area contributed by atoms with Crippen molar-refractivity contribution in [2.45, 2.75) is 0 Å². The van der Waals surface area contributed by atoms with Gasteiger partial charge in [0.05, 0.1) is 4.88 Å². The lowest BCUT2D eigenvalue weighted by Gasteiger charge is -2.01. The summed E-state index contributed by atoms with van der Waals surface area (Å²) in [7, 11) is 0. The average molecular weight is 303 g/mol. The average Bonchev–Trinajstić information content (AvgIpc) is 2.74. The zero-order valence-electron chi connectivity index (χ0n) is 7.41. The van der Waals surface area contributed by atoms with E-state index in [0.29, 0.717) is 15.5 Å². The summed E-state index contributed by atoms with van der Waals surface area (Å²) in [5, 5.41) is 0.547. The van der Waals surface area contributed by atoms with Gasteiger partial charge in [-0.15, -0.1) is 0 Å². The Balaban J connectivity index is 2.46. The molecule has 0 bridgehead atoms. The van der Waals surface area contributed by atoms with Gasteiger partial charge in [-0.2, -0.15) is 0 Å². The first-order chi connectivity index (χ1) is 7.18. The summed E-state index contributed by atoms with van der Waals surface area (Å²) in [6.07, 6.45) is 1.61. The first-order valence-corrected chi connectivity index (χ1v) is 6.03. The summed E-state index contributed by atoms with van der Waals surface area (Å²) in [6.45, 7) is 0. The fraction of sp³-hybridized carbons (Fsp3) is 0. The minimum absolute atomic E-state index is 0.0631. The molecule has 0 aliphatic carbocycles. The number of halogens is 2. The highest BCUT2D eigenvalue weighted by molar-refractivity contribution is 9.10. The van der Waals surface area contributed by atoms with Crippen LogP contribution in [0.15, 0.2) is 34.9 Å². The molecule has 1 heterocycles. The SMILES string of the molecule is O=C(c1ccns1)c1cc(Cl)ccc1Br. The third-order valence-corrected chi connectivity index (χ3v) is 3.51. The van der Waals surface area contributed by atoms with E-state index in [9.17, 15) is 4.79 Å². The molecule has 0 spiro atoms. The van der Waals surface area contributed by atoms with Gasteiger partial charge in [0.1, 0.15) is 0 Å². The van der Waals surface area contributed by atoms with Gasteiger partial charge in [0, 0.05) is 21.3 Å². The van der Waals surface area contributed by atoms with Crippen molar-refractivity contribution in [2.24, 2.45) is 0 Å². The summed E-state index contributed by atoms with van der Waals surface area (Å²) < 4.78 is 4.63.